The van der Waals surface area contributed by atoms with E-state index in [2.05, 4.69) is 48.1 Å². The smallest absolute Gasteiger partial charge is 0.260 e. The van der Waals surface area contributed by atoms with Crippen molar-refractivity contribution in [1.29, 1.82) is 0 Å². The third-order valence-corrected chi connectivity index (χ3v) is 7.21. The number of hydrogen-bond donors (Lipinski definition) is 1. The molecule has 0 radical (unpaired) electrons. The van der Waals surface area contributed by atoms with Gasteiger partial charge in [-0.25, -0.2) is 4.98 Å². The zero-order chi connectivity index (χ0) is 20.5. The van der Waals surface area contributed by atoms with Crippen LogP contribution in [0.15, 0.2) is 57.8 Å². The van der Waals surface area contributed by atoms with E-state index >= 15 is 0 Å². The lowest BCUT2D eigenvalue weighted by atomic mass is 9.99. The maximum Gasteiger partial charge on any atom is 0.260 e. The van der Waals surface area contributed by atoms with Gasteiger partial charge in [0.1, 0.15) is 4.83 Å². The molecule has 4 rings (SSSR count). The van der Waals surface area contributed by atoms with E-state index in [9.17, 15) is 4.79 Å². The largest absolute Gasteiger partial charge is 0.301 e. The molecule has 0 aliphatic rings. The normalized spacial score (nSPS) is 11.5. The summed E-state index contributed by atoms with van der Waals surface area (Å²) in [5.74, 6) is 1.00. The van der Waals surface area contributed by atoms with Crippen molar-refractivity contribution in [2.75, 3.05) is 0 Å². The number of aromatic nitrogens is 2. The van der Waals surface area contributed by atoms with Gasteiger partial charge in [0.2, 0.25) is 0 Å². The van der Waals surface area contributed by atoms with Crippen molar-refractivity contribution in [2.45, 2.75) is 30.7 Å². The van der Waals surface area contributed by atoms with Crippen LogP contribution in [0.3, 0.4) is 0 Å². The van der Waals surface area contributed by atoms with E-state index in [4.69, 9.17) is 23.2 Å². The Morgan fingerprint density at radius 1 is 1.10 bits per heavy atom. The van der Waals surface area contributed by atoms with Crippen LogP contribution < -0.4 is 5.56 Å². The summed E-state index contributed by atoms with van der Waals surface area (Å²) in [6, 6.07) is 13.8. The van der Waals surface area contributed by atoms with Crippen molar-refractivity contribution in [3.05, 3.63) is 79.4 Å². The van der Waals surface area contributed by atoms with Gasteiger partial charge in [-0.15, -0.1) is 11.3 Å². The maximum atomic E-state index is 12.8. The van der Waals surface area contributed by atoms with E-state index in [0.717, 1.165) is 21.5 Å². The van der Waals surface area contributed by atoms with Crippen LogP contribution in [-0.2, 0) is 5.75 Å². The van der Waals surface area contributed by atoms with Gasteiger partial charge in [0.05, 0.1) is 5.39 Å². The van der Waals surface area contributed by atoms with E-state index in [1.165, 1.54) is 28.7 Å². The molecule has 0 bridgehead atoms. The van der Waals surface area contributed by atoms with Gasteiger partial charge >= 0.3 is 0 Å². The van der Waals surface area contributed by atoms with Crippen LogP contribution in [0.1, 0.15) is 30.9 Å². The fraction of sp³-hybridized carbons (Fsp3) is 0.182. The molecule has 2 heterocycles. The SMILES string of the molecule is CC(C)c1ccc(-c2csc3nc(SCc4c(Cl)cccc4Cl)[nH]c(=O)c23)cc1. The Balaban J connectivity index is 1.64. The van der Waals surface area contributed by atoms with Crippen LogP contribution >= 0.6 is 46.3 Å². The molecule has 0 fully saturated rings. The number of nitrogens with one attached hydrogen (secondary N) is 1. The number of fused-ring (bicyclic) bond motifs is 1. The average Bonchev–Trinajstić information content (AvgIpc) is 3.12. The van der Waals surface area contributed by atoms with Gasteiger partial charge in [0.15, 0.2) is 5.16 Å². The summed E-state index contributed by atoms with van der Waals surface area (Å²) in [5.41, 5.74) is 3.92. The molecule has 0 atom stereocenters. The fourth-order valence-corrected chi connectivity index (χ4v) is 5.68. The number of thiophene rings is 1. The number of hydrogen-bond acceptors (Lipinski definition) is 4. The fourth-order valence-electron chi connectivity index (χ4n) is 3.07. The number of benzene rings is 2. The zero-order valence-electron chi connectivity index (χ0n) is 15.8. The summed E-state index contributed by atoms with van der Waals surface area (Å²) < 4.78 is 0. The molecule has 2 aromatic carbocycles. The maximum absolute atomic E-state index is 12.8. The second kappa shape index (κ2) is 8.52. The monoisotopic (exact) mass is 460 g/mol. The second-order valence-corrected chi connectivity index (χ2v) is 9.60. The summed E-state index contributed by atoms with van der Waals surface area (Å²) in [6.07, 6.45) is 0. The first-order valence-electron chi connectivity index (χ1n) is 9.11. The molecule has 7 heteroatoms. The van der Waals surface area contributed by atoms with Crippen LogP contribution in [0.5, 0.6) is 0 Å². The van der Waals surface area contributed by atoms with Crippen molar-refractivity contribution in [3.8, 4) is 11.1 Å². The third kappa shape index (κ3) is 4.24. The summed E-state index contributed by atoms with van der Waals surface area (Å²) >= 11 is 15.4. The molecule has 29 heavy (non-hydrogen) atoms. The van der Waals surface area contributed by atoms with E-state index < -0.39 is 0 Å². The highest BCUT2D eigenvalue weighted by Gasteiger charge is 2.14. The van der Waals surface area contributed by atoms with Gasteiger partial charge in [0.25, 0.3) is 5.56 Å². The number of H-pyrrole nitrogens is 1. The van der Waals surface area contributed by atoms with Gasteiger partial charge in [-0.3, -0.25) is 4.79 Å². The minimum atomic E-state index is -0.132. The number of halogens is 2. The molecule has 0 aliphatic carbocycles. The Morgan fingerprint density at radius 3 is 2.45 bits per heavy atom. The molecule has 4 aromatic rings. The minimum Gasteiger partial charge on any atom is -0.301 e. The van der Waals surface area contributed by atoms with Crippen molar-refractivity contribution in [3.63, 3.8) is 0 Å². The first kappa shape index (κ1) is 20.5. The Bertz CT molecular complexity index is 1210. The number of thioether (sulfide) groups is 1. The average molecular weight is 461 g/mol. The van der Waals surface area contributed by atoms with Crippen molar-refractivity contribution in [1.82, 2.24) is 9.97 Å². The second-order valence-electron chi connectivity index (χ2n) is 6.97. The van der Waals surface area contributed by atoms with Gasteiger partial charge in [-0.2, -0.15) is 0 Å². The van der Waals surface area contributed by atoms with Crippen molar-refractivity contribution in [2.24, 2.45) is 0 Å². The number of rotatable bonds is 5. The van der Waals surface area contributed by atoms with Crippen LogP contribution in [0, 0.1) is 0 Å². The highest BCUT2D eigenvalue weighted by Crippen LogP contribution is 2.34. The Kier molecular flexibility index (Phi) is 6.02. The van der Waals surface area contributed by atoms with Gasteiger partial charge in [-0.05, 0) is 34.7 Å². The molecule has 0 amide bonds. The zero-order valence-corrected chi connectivity index (χ0v) is 19.0. The highest BCUT2D eigenvalue weighted by molar-refractivity contribution is 7.98. The summed E-state index contributed by atoms with van der Waals surface area (Å²) in [7, 11) is 0. The molecule has 0 saturated carbocycles. The Labute approximate surface area is 187 Å². The van der Waals surface area contributed by atoms with E-state index in [1.807, 2.05) is 11.4 Å². The summed E-state index contributed by atoms with van der Waals surface area (Å²) in [6.45, 7) is 4.33. The van der Waals surface area contributed by atoms with Crippen LogP contribution in [-0.4, -0.2) is 9.97 Å². The summed E-state index contributed by atoms with van der Waals surface area (Å²) in [5, 5.41) is 4.40. The molecule has 1 N–H and O–H groups in total. The van der Waals surface area contributed by atoms with E-state index in [0.29, 0.717) is 32.3 Å². The molecule has 2 aromatic heterocycles. The molecule has 0 saturated heterocycles. The van der Waals surface area contributed by atoms with Gasteiger partial charge < -0.3 is 4.98 Å². The predicted molar refractivity (Wildman–Crippen MR) is 126 cm³/mol. The van der Waals surface area contributed by atoms with Gasteiger partial charge in [-0.1, -0.05) is 79.1 Å². The molecule has 0 spiro atoms. The highest BCUT2D eigenvalue weighted by atomic mass is 35.5. The molecule has 148 valence electrons. The Hall–Kier alpha value is -1.79. The van der Waals surface area contributed by atoms with Crippen LogP contribution in [0.4, 0.5) is 0 Å². The quantitative estimate of drug-likeness (QED) is 0.249. The standard InChI is InChI=1S/C22H18Cl2N2OS2/c1-12(2)13-6-8-14(9-7-13)15-10-28-21-19(15)20(27)25-22(26-21)29-11-16-17(23)4-3-5-18(16)24/h3-10,12H,11H2,1-2H3,(H,25,26,27). The Morgan fingerprint density at radius 2 is 1.79 bits per heavy atom. The molecular weight excluding hydrogens is 443 g/mol. The lowest BCUT2D eigenvalue weighted by molar-refractivity contribution is 0.867. The van der Waals surface area contributed by atoms with Gasteiger partial charge in [0, 0.05) is 26.7 Å². The first-order chi connectivity index (χ1) is 13.9. The third-order valence-electron chi connectivity index (χ3n) is 4.73. The van der Waals surface area contributed by atoms with Crippen molar-refractivity contribution >= 4 is 56.5 Å². The topological polar surface area (TPSA) is 45.8 Å². The van der Waals surface area contributed by atoms with E-state index in [-0.39, 0.29) is 5.56 Å². The minimum absolute atomic E-state index is 0.132. The van der Waals surface area contributed by atoms with Crippen LogP contribution in [0.2, 0.25) is 10.0 Å². The summed E-state index contributed by atoms with van der Waals surface area (Å²) in [4.78, 5) is 21.1. The predicted octanol–water partition coefficient (Wildman–Crippen LogP) is 7.37. The molecule has 0 aliphatic heterocycles. The van der Waals surface area contributed by atoms with Crippen molar-refractivity contribution < 1.29 is 0 Å². The number of nitrogens with zero attached hydrogens (tertiary/aromatic N) is 1. The molecular formula is C22H18Cl2N2OS2. The lowest BCUT2D eigenvalue weighted by Gasteiger charge is -2.07. The first-order valence-corrected chi connectivity index (χ1v) is 11.7. The molecule has 0 unspecified atom stereocenters. The number of aromatic amines is 1. The molecule has 3 nitrogen and oxygen atoms in total. The lowest BCUT2D eigenvalue weighted by Crippen LogP contribution is -2.08. The van der Waals surface area contributed by atoms with Crippen LogP contribution in [0.25, 0.3) is 21.3 Å². The van der Waals surface area contributed by atoms with E-state index in [1.54, 1.807) is 12.1 Å².